The molecule has 1 rings (SSSR count). The van der Waals surface area contributed by atoms with Gasteiger partial charge in [0.2, 0.25) is 0 Å². The number of esters is 1. The summed E-state index contributed by atoms with van der Waals surface area (Å²) in [6, 6.07) is 0.641. The molecule has 8 heteroatoms. The van der Waals surface area contributed by atoms with Crippen molar-refractivity contribution in [3.05, 3.63) is 34.9 Å². The van der Waals surface area contributed by atoms with E-state index in [1.165, 1.54) is 13.8 Å². The van der Waals surface area contributed by atoms with Crippen LogP contribution in [0.15, 0.2) is 18.2 Å². The van der Waals surface area contributed by atoms with Gasteiger partial charge in [-0.15, -0.1) is 0 Å². The molecule has 0 saturated carbocycles. The number of rotatable bonds is 2. The molecule has 0 aliphatic rings. The van der Waals surface area contributed by atoms with Crippen LogP contribution in [0.5, 0.6) is 0 Å². The average Bonchev–Trinajstić information content (AvgIpc) is 2.24. The van der Waals surface area contributed by atoms with E-state index in [9.17, 15) is 31.1 Å². The molecule has 0 fully saturated rings. The van der Waals surface area contributed by atoms with E-state index in [-0.39, 0.29) is 18.2 Å². The highest BCUT2D eigenvalue weighted by Crippen LogP contribution is 2.36. The average molecular weight is 300 g/mol. The summed E-state index contributed by atoms with van der Waals surface area (Å²) < 4.78 is 80.1. The number of benzene rings is 1. The molecule has 0 atom stereocenters. The van der Waals surface area contributed by atoms with Crippen LogP contribution in [0.4, 0.5) is 26.3 Å². The van der Waals surface area contributed by atoms with Crippen LogP contribution < -0.4 is 0 Å². The summed E-state index contributed by atoms with van der Waals surface area (Å²) in [6.07, 6.45) is -10.6. The Morgan fingerprint density at radius 1 is 1.05 bits per heavy atom. The normalized spacial score (nSPS) is 12.7. The molecule has 0 heterocycles. The van der Waals surface area contributed by atoms with Crippen LogP contribution in [0.25, 0.3) is 0 Å². The number of alkyl halides is 6. The Labute approximate surface area is 110 Å². The highest BCUT2D eigenvalue weighted by molar-refractivity contribution is 5.91. The standard InChI is InChI=1S/C12H10F6O2/c1-6(2)20-10(19)8-5-7(11(13,14)15)3-4-9(8)12(16,17)18/h3-6H,1-2H3. The van der Waals surface area contributed by atoms with Gasteiger partial charge in [0.25, 0.3) is 0 Å². The monoisotopic (exact) mass is 300 g/mol. The van der Waals surface area contributed by atoms with Gasteiger partial charge < -0.3 is 4.74 Å². The van der Waals surface area contributed by atoms with Crippen LogP contribution in [0.1, 0.15) is 35.3 Å². The third kappa shape index (κ3) is 3.88. The van der Waals surface area contributed by atoms with E-state index in [0.29, 0.717) is 0 Å². The first-order valence-electron chi connectivity index (χ1n) is 5.42. The molecule has 2 nitrogen and oxygen atoms in total. The number of halogens is 6. The number of carbonyl (C=O) groups is 1. The third-order valence-electron chi connectivity index (χ3n) is 2.21. The van der Waals surface area contributed by atoms with Crippen molar-refractivity contribution < 1.29 is 35.9 Å². The highest BCUT2D eigenvalue weighted by atomic mass is 19.4. The molecule has 20 heavy (non-hydrogen) atoms. The van der Waals surface area contributed by atoms with E-state index in [1.54, 1.807) is 0 Å². The fourth-order valence-electron chi connectivity index (χ4n) is 1.41. The lowest BCUT2D eigenvalue weighted by Crippen LogP contribution is -2.19. The molecule has 112 valence electrons. The maximum Gasteiger partial charge on any atom is 0.417 e. The van der Waals surface area contributed by atoms with Gasteiger partial charge in [0.15, 0.2) is 0 Å². The Balaban J connectivity index is 3.38. The fourth-order valence-corrected chi connectivity index (χ4v) is 1.41. The van der Waals surface area contributed by atoms with Gasteiger partial charge in [-0.05, 0) is 32.0 Å². The molecular formula is C12H10F6O2. The number of hydrogen-bond acceptors (Lipinski definition) is 2. The minimum absolute atomic E-state index is 0.146. The van der Waals surface area contributed by atoms with Crippen LogP contribution in [0.3, 0.4) is 0 Å². The van der Waals surface area contributed by atoms with Crippen LogP contribution in [-0.2, 0) is 17.1 Å². The van der Waals surface area contributed by atoms with Gasteiger partial charge in [-0.25, -0.2) is 4.79 Å². The van der Waals surface area contributed by atoms with Crippen molar-refractivity contribution >= 4 is 5.97 Å². The van der Waals surface area contributed by atoms with E-state index in [1.807, 2.05) is 0 Å². The first-order chi connectivity index (χ1) is 8.93. The van der Waals surface area contributed by atoms with Crippen molar-refractivity contribution in [2.45, 2.75) is 32.3 Å². The lowest BCUT2D eigenvalue weighted by molar-refractivity contribution is -0.141. The third-order valence-corrected chi connectivity index (χ3v) is 2.21. The Kier molecular flexibility index (Phi) is 4.36. The van der Waals surface area contributed by atoms with Gasteiger partial charge in [0.1, 0.15) is 0 Å². The Morgan fingerprint density at radius 3 is 2.00 bits per heavy atom. The van der Waals surface area contributed by atoms with Crippen LogP contribution in [0.2, 0.25) is 0 Å². The molecule has 0 bridgehead atoms. The van der Waals surface area contributed by atoms with Crippen LogP contribution >= 0.6 is 0 Å². The second-order valence-electron chi connectivity index (χ2n) is 4.21. The first-order valence-corrected chi connectivity index (χ1v) is 5.42. The maximum atomic E-state index is 12.7. The molecule has 0 spiro atoms. The van der Waals surface area contributed by atoms with Gasteiger partial charge in [-0.1, -0.05) is 0 Å². The molecule has 0 aliphatic carbocycles. The zero-order chi connectivity index (χ0) is 15.7. The van der Waals surface area contributed by atoms with Gasteiger partial charge in [-0.2, -0.15) is 26.3 Å². The lowest BCUT2D eigenvalue weighted by atomic mass is 10.0. The second-order valence-corrected chi connectivity index (χ2v) is 4.21. The van der Waals surface area contributed by atoms with Crippen molar-refractivity contribution in [1.29, 1.82) is 0 Å². The molecule has 1 aromatic rings. The molecule has 0 amide bonds. The summed E-state index contributed by atoms with van der Waals surface area (Å²) in [5.41, 5.74) is -3.96. The van der Waals surface area contributed by atoms with E-state index < -0.39 is 41.1 Å². The predicted molar refractivity (Wildman–Crippen MR) is 57.0 cm³/mol. The molecule has 0 unspecified atom stereocenters. The summed E-state index contributed by atoms with van der Waals surface area (Å²) >= 11 is 0. The smallest absolute Gasteiger partial charge is 0.417 e. The first kappa shape index (κ1) is 16.3. The Bertz CT molecular complexity index is 502. The van der Waals surface area contributed by atoms with Gasteiger partial charge in [0, 0.05) is 0 Å². The van der Waals surface area contributed by atoms with Crippen molar-refractivity contribution in [2.75, 3.05) is 0 Å². The van der Waals surface area contributed by atoms with Crippen molar-refractivity contribution in [1.82, 2.24) is 0 Å². The lowest BCUT2D eigenvalue weighted by Gasteiger charge is -2.16. The SMILES string of the molecule is CC(C)OC(=O)c1cc(C(F)(F)F)ccc1C(F)(F)F. The van der Waals surface area contributed by atoms with Crippen LogP contribution in [0, 0.1) is 0 Å². The van der Waals surface area contributed by atoms with E-state index in [4.69, 9.17) is 0 Å². The number of ether oxygens (including phenoxy) is 1. The summed E-state index contributed by atoms with van der Waals surface area (Å²) in [5, 5.41) is 0. The topological polar surface area (TPSA) is 26.3 Å². The number of hydrogen-bond donors (Lipinski definition) is 0. The summed E-state index contributed by atoms with van der Waals surface area (Å²) in [5.74, 6) is -1.45. The Hall–Kier alpha value is -1.73. The van der Waals surface area contributed by atoms with E-state index in [0.717, 1.165) is 0 Å². The minimum Gasteiger partial charge on any atom is -0.459 e. The van der Waals surface area contributed by atoms with E-state index in [2.05, 4.69) is 4.74 Å². The maximum absolute atomic E-state index is 12.7. The van der Waals surface area contributed by atoms with E-state index >= 15 is 0 Å². The molecule has 0 N–H and O–H groups in total. The minimum atomic E-state index is -4.95. The van der Waals surface area contributed by atoms with Gasteiger partial charge in [-0.3, -0.25) is 0 Å². The second kappa shape index (κ2) is 5.34. The Morgan fingerprint density at radius 2 is 1.60 bits per heavy atom. The largest absolute Gasteiger partial charge is 0.459 e. The summed E-state index contributed by atoms with van der Waals surface area (Å²) in [6.45, 7) is 2.75. The van der Waals surface area contributed by atoms with Gasteiger partial charge >= 0.3 is 18.3 Å². The van der Waals surface area contributed by atoms with Crippen LogP contribution in [-0.4, -0.2) is 12.1 Å². The van der Waals surface area contributed by atoms with Crippen molar-refractivity contribution in [2.24, 2.45) is 0 Å². The molecule has 1 aromatic carbocycles. The fraction of sp³-hybridized carbons (Fsp3) is 0.417. The molecule has 0 aromatic heterocycles. The van der Waals surface area contributed by atoms with Gasteiger partial charge in [0.05, 0.1) is 22.8 Å². The quantitative estimate of drug-likeness (QED) is 0.601. The van der Waals surface area contributed by atoms with Crippen molar-refractivity contribution in [3.8, 4) is 0 Å². The van der Waals surface area contributed by atoms with Crippen molar-refractivity contribution in [3.63, 3.8) is 0 Å². The zero-order valence-electron chi connectivity index (χ0n) is 10.4. The number of carbonyl (C=O) groups excluding carboxylic acids is 1. The predicted octanol–water partition coefficient (Wildman–Crippen LogP) is 4.29. The zero-order valence-corrected chi connectivity index (χ0v) is 10.4. The highest BCUT2D eigenvalue weighted by Gasteiger charge is 2.39. The molecule has 0 aliphatic heterocycles. The molecule has 0 radical (unpaired) electrons. The molecule has 0 saturated heterocycles. The molecular weight excluding hydrogens is 290 g/mol. The summed E-state index contributed by atoms with van der Waals surface area (Å²) in [4.78, 5) is 11.5. The summed E-state index contributed by atoms with van der Waals surface area (Å²) in [7, 11) is 0.